The number of nitrogens with zero attached hydrogens (tertiary/aromatic N) is 1. The average molecular weight is 375 g/mol. The van der Waals surface area contributed by atoms with Gasteiger partial charge in [-0.05, 0) is 23.8 Å². The SMILES string of the molecule is CCS(=O)(=O)c1nc2ccc(NC(=O)NCc3ccccc3)cc2s1. The molecule has 25 heavy (non-hydrogen) atoms. The van der Waals surface area contributed by atoms with Gasteiger partial charge in [-0.2, -0.15) is 0 Å². The van der Waals surface area contributed by atoms with Crippen molar-refractivity contribution in [3.63, 3.8) is 0 Å². The second-order valence-corrected chi connectivity index (χ2v) is 8.84. The highest BCUT2D eigenvalue weighted by atomic mass is 32.2. The molecule has 2 aromatic carbocycles. The highest BCUT2D eigenvalue weighted by molar-refractivity contribution is 7.93. The minimum Gasteiger partial charge on any atom is -0.334 e. The maximum Gasteiger partial charge on any atom is 0.319 e. The predicted octanol–water partition coefficient (Wildman–Crippen LogP) is 3.41. The molecule has 0 unspecified atom stereocenters. The first-order valence-corrected chi connectivity index (χ1v) is 10.2. The van der Waals surface area contributed by atoms with Crippen LogP contribution in [0.3, 0.4) is 0 Å². The zero-order chi connectivity index (χ0) is 17.9. The van der Waals surface area contributed by atoms with Crippen molar-refractivity contribution in [2.24, 2.45) is 0 Å². The van der Waals surface area contributed by atoms with Crippen LogP contribution in [0.5, 0.6) is 0 Å². The van der Waals surface area contributed by atoms with Gasteiger partial charge in [-0.15, -0.1) is 11.3 Å². The van der Waals surface area contributed by atoms with Gasteiger partial charge < -0.3 is 10.6 Å². The number of aromatic nitrogens is 1. The molecule has 0 aliphatic heterocycles. The first kappa shape index (κ1) is 17.4. The van der Waals surface area contributed by atoms with Gasteiger partial charge in [-0.3, -0.25) is 0 Å². The third-order valence-corrected chi connectivity index (χ3v) is 6.78. The Morgan fingerprint density at radius 2 is 1.92 bits per heavy atom. The molecular formula is C17H17N3O3S2. The van der Waals surface area contributed by atoms with E-state index in [1.807, 2.05) is 30.3 Å². The monoisotopic (exact) mass is 375 g/mol. The normalized spacial score (nSPS) is 11.4. The smallest absolute Gasteiger partial charge is 0.319 e. The molecule has 2 N–H and O–H groups in total. The Labute approximate surface area is 149 Å². The minimum absolute atomic E-state index is 0.0137. The summed E-state index contributed by atoms with van der Waals surface area (Å²) in [6.45, 7) is 2.01. The van der Waals surface area contributed by atoms with Crippen LogP contribution in [0.4, 0.5) is 10.5 Å². The number of benzene rings is 2. The van der Waals surface area contributed by atoms with Crippen LogP contribution in [0.1, 0.15) is 12.5 Å². The number of hydrogen-bond donors (Lipinski definition) is 2. The summed E-state index contributed by atoms with van der Waals surface area (Å²) in [6, 6.07) is 14.4. The fourth-order valence-corrected chi connectivity index (χ4v) is 4.54. The molecule has 3 aromatic rings. The number of carbonyl (C=O) groups is 1. The van der Waals surface area contributed by atoms with Crippen molar-refractivity contribution in [3.05, 3.63) is 54.1 Å². The molecule has 0 spiro atoms. The minimum atomic E-state index is -3.33. The number of rotatable bonds is 5. The van der Waals surface area contributed by atoms with Gasteiger partial charge in [0.25, 0.3) is 0 Å². The summed E-state index contributed by atoms with van der Waals surface area (Å²) in [4.78, 5) is 16.2. The summed E-state index contributed by atoms with van der Waals surface area (Å²) in [5.41, 5.74) is 2.19. The van der Waals surface area contributed by atoms with E-state index in [9.17, 15) is 13.2 Å². The lowest BCUT2D eigenvalue weighted by atomic mass is 10.2. The lowest BCUT2D eigenvalue weighted by molar-refractivity contribution is 0.251. The molecule has 0 bridgehead atoms. The molecule has 6 nitrogen and oxygen atoms in total. The van der Waals surface area contributed by atoms with E-state index in [0.717, 1.165) is 16.9 Å². The van der Waals surface area contributed by atoms with Gasteiger partial charge in [0.1, 0.15) is 0 Å². The summed E-state index contributed by atoms with van der Waals surface area (Å²) in [6.07, 6.45) is 0. The van der Waals surface area contributed by atoms with E-state index in [0.29, 0.717) is 22.4 Å². The Hall–Kier alpha value is -2.45. The van der Waals surface area contributed by atoms with Crippen LogP contribution in [0.15, 0.2) is 52.9 Å². The molecular weight excluding hydrogens is 358 g/mol. The number of anilines is 1. The van der Waals surface area contributed by atoms with Gasteiger partial charge in [-0.1, -0.05) is 37.3 Å². The Balaban J connectivity index is 1.70. The summed E-state index contributed by atoms with van der Waals surface area (Å²) < 4.78 is 24.7. The standard InChI is InChI=1S/C17H17N3O3S2/c1-2-25(22,23)17-20-14-9-8-13(10-15(14)24-17)19-16(21)18-11-12-6-4-3-5-7-12/h3-10H,2,11H2,1H3,(H2,18,19,21). The molecule has 8 heteroatoms. The molecule has 3 rings (SSSR count). The Bertz CT molecular complexity index is 998. The van der Waals surface area contributed by atoms with Crippen molar-refractivity contribution in [1.82, 2.24) is 10.3 Å². The number of carbonyl (C=O) groups excluding carboxylic acids is 1. The molecule has 0 aliphatic rings. The number of hydrogen-bond acceptors (Lipinski definition) is 5. The first-order valence-electron chi connectivity index (χ1n) is 7.70. The van der Waals surface area contributed by atoms with E-state index < -0.39 is 9.84 Å². The summed E-state index contributed by atoms with van der Waals surface area (Å²) in [5, 5.41) is 5.52. The fraction of sp³-hybridized carbons (Fsp3) is 0.176. The largest absolute Gasteiger partial charge is 0.334 e. The molecule has 0 atom stereocenters. The quantitative estimate of drug-likeness (QED) is 0.715. The predicted molar refractivity (Wildman–Crippen MR) is 99.6 cm³/mol. The second-order valence-electron chi connectivity index (χ2n) is 5.36. The van der Waals surface area contributed by atoms with Crippen molar-refractivity contribution in [2.45, 2.75) is 17.8 Å². The van der Waals surface area contributed by atoms with Gasteiger partial charge >= 0.3 is 6.03 Å². The highest BCUT2D eigenvalue weighted by Crippen LogP contribution is 2.28. The van der Waals surface area contributed by atoms with E-state index in [-0.39, 0.29) is 16.1 Å². The Morgan fingerprint density at radius 1 is 1.16 bits per heavy atom. The van der Waals surface area contributed by atoms with Crippen LogP contribution in [0.2, 0.25) is 0 Å². The van der Waals surface area contributed by atoms with E-state index in [4.69, 9.17) is 0 Å². The van der Waals surface area contributed by atoms with Crippen molar-refractivity contribution in [1.29, 1.82) is 0 Å². The number of urea groups is 1. The summed E-state index contributed by atoms with van der Waals surface area (Å²) in [7, 11) is -3.33. The maximum absolute atomic E-state index is 12.0. The zero-order valence-electron chi connectivity index (χ0n) is 13.5. The molecule has 0 saturated carbocycles. The fourth-order valence-electron chi connectivity index (χ4n) is 2.19. The third-order valence-electron chi connectivity index (χ3n) is 3.57. The summed E-state index contributed by atoms with van der Waals surface area (Å²) >= 11 is 1.11. The van der Waals surface area contributed by atoms with Crippen LogP contribution in [-0.2, 0) is 16.4 Å². The number of sulfone groups is 1. The molecule has 1 aromatic heterocycles. The first-order chi connectivity index (χ1) is 12.0. The van der Waals surface area contributed by atoms with Crippen LogP contribution in [0.25, 0.3) is 10.2 Å². The molecule has 2 amide bonds. The third kappa shape index (κ3) is 4.15. The zero-order valence-corrected chi connectivity index (χ0v) is 15.2. The van der Waals surface area contributed by atoms with Gasteiger partial charge in [0, 0.05) is 12.2 Å². The Morgan fingerprint density at radius 3 is 2.64 bits per heavy atom. The van der Waals surface area contributed by atoms with E-state index in [1.165, 1.54) is 0 Å². The van der Waals surface area contributed by atoms with E-state index >= 15 is 0 Å². The molecule has 0 radical (unpaired) electrons. The number of fused-ring (bicyclic) bond motifs is 1. The van der Waals surface area contributed by atoms with Gasteiger partial charge in [-0.25, -0.2) is 18.2 Å². The van der Waals surface area contributed by atoms with E-state index in [2.05, 4.69) is 15.6 Å². The lowest BCUT2D eigenvalue weighted by Crippen LogP contribution is -2.28. The maximum atomic E-state index is 12.0. The van der Waals surface area contributed by atoms with Gasteiger partial charge in [0.2, 0.25) is 14.2 Å². The highest BCUT2D eigenvalue weighted by Gasteiger charge is 2.17. The summed E-state index contributed by atoms with van der Waals surface area (Å²) in [5.74, 6) is 0.0137. The van der Waals surface area contributed by atoms with Crippen LogP contribution < -0.4 is 10.6 Å². The number of nitrogens with one attached hydrogen (secondary N) is 2. The Kier molecular flexibility index (Phi) is 5.00. The molecule has 0 saturated heterocycles. The van der Waals surface area contributed by atoms with Crippen molar-refractivity contribution in [3.8, 4) is 0 Å². The van der Waals surface area contributed by atoms with E-state index in [1.54, 1.807) is 25.1 Å². The average Bonchev–Trinajstić information content (AvgIpc) is 3.05. The molecule has 130 valence electrons. The second kappa shape index (κ2) is 7.20. The topological polar surface area (TPSA) is 88.2 Å². The van der Waals surface area contributed by atoms with Crippen LogP contribution >= 0.6 is 11.3 Å². The van der Waals surface area contributed by atoms with Gasteiger partial charge in [0.15, 0.2) is 0 Å². The number of amides is 2. The van der Waals surface area contributed by atoms with Gasteiger partial charge in [0.05, 0.1) is 16.0 Å². The van der Waals surface area contributed by atoms with Crippen LogP contribution in [-0.4, -0.2) is 25.2 Å². The molecule has 1 heterocycles. The lowest BCUT2D eigenvalue weighted by Gasteiger charge is -2.07. The van der Waals surface area contributed by atoms with Crippen molar-refractivity contribution in [2.75, 3.05) is 11.1 Å². The number of thiazole rings is 1. The van der Waals surface area contributed by atoms with Crippen molar-refractivity contribution >= 4 is 43.1 Å². The van der Waals surface area contributed by atoms with Crippen molar-refractivity contribution < 1.29 is 13.2 Å². The molecule has 0 aliphatic carbocycles. The van der Waals surface area contributed by atoms with Crippen LogP contribution in [0, 0.1) is 0 Å². The molecule has 0 fully saturated rings.